The van der Waals surface area contributed by atoms with E-state index in [1.54, 1.807) is 0 Å². The molecular weight excluding hydrogens is 210 g/mol. The Balaban J connectivity index is 2.60. The predicted octanol–water partition coefficient (Wildman–Crippen LogP) is 3.22. The molecule has 0 spiro atoms. The van der Waals surface area contributed by atoms with Gasteiger partial charge in [-0.2, -0.15) is 0 Å². The molecule has 0 saturated heterocycles. The average molecular weight is 228 g/mol. The Labute approximate surface area is 96.4 Å². The molecule has 0 amide bonds. The van der Waals surface area contributed by atoms with E-state index in [4.69, 9.17) is 22.1 Å². The molecule has 1 aromatic carbocycles. The second-order valence-electron chi connectivity index (χ2n) is 3.99. The minimum absolute atomic E-state index is 0.456. The van der Waals surface area contributed by atoms with Crippen molar-refractivity contribution < 1.29 is 4.74 Å². The molecule has 1 aromatic rings. The highest BCUT2D eigenvalue weighted by Crippen LogP contribution is 2.22. The van der Waals surface area contributed by atoms with Crippen LogP contribution in [-0.2, 0) is 6.54 Å². The van der Waals surface area contributed by atoms with Crippen molar-refractivity contribution in [2.45, 2.75) is 26.8 Å². The van der Waals surface area contributed by atoms with Gasteiger partial charge in [0.15, 0.2) is 0 Å². The van der Waals surface area contributed by atoms with Gasteiger partial charge in [-0.15, -0.1) is 0 Å². The first kappa shape index (κ1) is 12.3. The van der Waals surface area contributed by atoms with E-state index >= 15 is 0 Å². The first-order valence-electron chi connectivity index (χ1n) is 5.24. The van der Waals surface area contributed by atoms with Gasteiger partial charge in [0.2, 0.25) is 0 Å². The van der Waals surface area contributed by atoms with Crippen LogP contribution in [0.3, 0.4) is 0 Å². The lowest BCUT2D eigenvalue weighted by molar-refractivity contribution is 0.287. The molecule has 15 heavy (non-hydrogen) atoms. The Morgan fingerprint density at radius 1 is 1.40 bits per heavy atom. The van der Waals surface area contributed by atoms with Gasteiger partial charge in [-0.05, 0) is 30.5 Å². The van der Waals surface area contributed by atoms with E-state index in [1.165, 1.54) is 0 Å². The molecule has 0 bridgehead atoms. The fraction of sp³-hybridized carbons (Fsp3) is 0.500. The minimum atomic E-state index is 0.456. The maximum Gasteiger partial charge on any atom is 0.123 e. The third kappa shape index (κ3) is 4.10. The number of hydrogen-bond donors (Lipinski definition) is 1. The molecule has 0 aliphatic rings. The number of halogens is 1. The van der Waals surface area contributed by atoms with Gasteiger partial charge in [0.05, 0.1) is 6.61 Å². The van der Waals surface area contributed by atoms with Gasteiger partial charge in [-0.25, -0.2) is 0 Å². The number of nitrogens with two attached hydrogens (primary N) is 1. The van der Waals surface area contributed by atoms with Crippen molar-refractivity contribution in [3.05, 3.63) is 28.8 Å². The molecule has 0 fully saturated rings. The van der Waals surface area contributed by atoms with Crippen molar-refractivity contribution in [2.75, 3.05) is 6.61 Å². The summed E-state index contributed by atoms with van der Waals surface area (Å²) in [5.74, 6) is 1.50. The molecule has 0 aromatic heterocycles. The van der Waals surface area contributed by atoms with E-state index < -0.39 is 0 Å². The van der Waals surface area contributed by atoms with Crippen molar-refractivity contribution in [3.63, 3.8) is 0 Å². The zero-order valence-electron chi connectivity index (χ0n) is 9.29. The van der Waals surface area contributed by atoms with E-state index in [1.807, 2.05) is 18.2 Å². The van der Waals surface area contributed by atoms with E-state index in [2.05, 4.69) is 13.8 Å². The topological polar surface area (TPSA) is 35.2 Å². The number of ether oxygens (including phenoxy) is 1. The predicted molar refractivity (Wildman–Crippen MR) is 64.3 cm³/mol. The summed E-state index contributed by atoms with van der Waals surface area (Å²) in [5, 5.41) is 0.701. The van der Waals surface area contributed by atoms with Crippen LogP contribution in [0.25, 0.3) is 0 Å². The fourth-order valence-electron chi connectivity index (χ4n) is 1.25. The highest BCUT2D eigenvalue weighted by atomic mass is 35.5. The van der Waals surface area contributed by atoms with Gasteiger partial charge < -0.3 is 10.5 Å². The van der Waals surface area contributed by atoms with Crippen molar-refractivity contribution >= 4 is 11.6 Å². The zero-order chi connectivity index (χ0) is 11.3. The van der Waals surface area contributed by atoms with Crippen LogP contribution in [0.5, 0.6) is 5.75 Å². The summed E-state index contributed by atoms with van der Waals surface area (Å²) in [6.45, 7) is 5.54. The normalized spacial score (nSPS) is 10.7. The van der Waals surface area contributed by atoms with Crippen molar-refractivity contribution in [1.82, 2.24) is 0 Å². The molecule has 2 N–H and O–H groups in total. The quantitative estimate of drug-likeness (QED) is 0.838. The third-order valence-corrected chi connectivity index (χ3v) is 2.43. The standard InChI is InChI=1S/C12H18ClNO/c1-9(2)5-6-15-12-4-3-11(13)7-10(12)8-14/h3-4,7,9H,5-6,8,14H2,1-2H3. The summed E-state index contributed by atoms with van der Waals surface area (Å²) in [7, 11) is 0. The van der Waals surface area contributed by atoms with E-state index in [-0.39, 0.29) is 0 Å². The van der Waals surface area contributed by atoms with Crippen LogP contribution in [-0.4, -0.2) is 6.61 Å². The summed E-state index contributed by atoms with van der Waals surface area (Å²) in [6.07, 6.45) is 1.05. The van der Waals surface area contributed by atoms with Crippen LogP contribution in [0.1, 0.15) is 25.8 Å². The maximum atomic E-state index is 5.87. The Morgan fingerprint density at radius 2 is 2.13 bits per heavy atom. The second kappa shape index (κ2) is 5.99. The Bertz CT molecular complexity index is 312. The number of benzene rings is 1. The molecule has 0 unspecified atom stereocenters. The van der Waals surface area contributed by atoms with E-state index in [9.17, 15) is 0 Å². The van der Waals surface area contributed by atoms with Gasteiger partial charge in [0, 0.05) is 17.1 Å². The monoisotopic (exact) mass is 227 g/mol. The molecule has 0 saturated carbocycles. The lowest BCUT2D eigenvalue weighted by atomic mass is 10.1. The van der Waals surface area contributed by atoms with E-state index in [0.29, 0.717) is 17.5 Å². The van der Waals surface area contributed by atoms with E-state index in [0.717, 1.165) is 24.3 Å². The molecular formula is C12H18ClNO. The minimum Gasteiger partial charge on any atom is -0.493 e. The van der Waals surface area contributed by atoms with Crippen LogP contribution < -0.4 is 10.5 Å². The molecule has 0 heterocycles. The lowest BCUT2D eigenvalue weighted by Gasteiger charge is -2.11. The molecule has 2 nitrogen and oxygen atoms in total. The second-order valence-corrected chi connectivity index (χ2v) is 4.42. The molecule has 0 atom stereocenters. The van der Waals surface area contributed by atoms with Crippen LogP contribution >= 0.6 is 11.6 Å². The third-order valence-electron chi connectivity index (χ3n) is 2.20. The van der Waals surface area contributed by atoms with Crippen LogP contribution in [0.15, 0.2) is 18.2 Å². The number of hydrogen-bond acceptors (Lipinski definition) is 2. The highest BCUT2D eigenvalue weighted by molar-refractivity contribution is 6.30. The lowest BCUT2D eigenvalue weighted by Crippen LogP contribution is -2.05. The Morgan fingerprint density at radius 3 is 2.73 bits per heavy atom. The molecule has 0 aliphatic carbocycles. The van der Waals surface area contributed by atoms with Crippen LogP contribution in [0, 0.1) is 5.92 Å². The summed E-state index contributed by atoms with van der Waals surface area (Å²) in [5.41, 5.74) is 6.58. The van der Waals surface area contributed by atoms with Crippen LogP contribution in [0.4, 0.5) is 0 Å². The molecule has 3 heteroatoms. The van der Waals surface area contributed by atoms with Crippen LogP contribution in [0.2, 0.25) is 5.02 Å². The van der Waals surface area contributed by atoms with Gasteiger partial charge in [0.1, 0.15) is 5.75 Å². The Hall–Kier alpha value is -0.730. The molecule has 1 rings (SSSR count). The smallest absolute Gasteiger partial charge is 0.123 e. The Kier molecular flexibility index (Phi) is 4.92. The van der Waals surface area contributed by atoms with Gasteiger partial charge in [-0.1, -0.05) is 25.4 Å². The van der Waals surface area contributed by atoms with Crippen molar-refractivity contribution in [1.29, 1.82) is 0 Å². The van der Waals surface area contributed by atoms with Gasteiger partial charge in [-0.3, -0.25) is 0 Å². The van der Waals surface area contributed by atoms with Gasteiger partial charge in [0.25, 0.3) is 0 Å². The van der Waals surface area contributed by atoms with Crippen molar-refractivity contribution in [2.24, 2.45) is 11.7 Å². The fourth-order valence-corrected chi connectivity index (χ4v) is 1.45. The summed E-state index contributed by atoms with van der Waals surface area (Å²) in [4.78, 5) is 0. The first-order valence-corrected chi connectivity index (χ1v) is 5.62. The largest absolute Gasteiger partial charge is 0.493 e. The summed E-state index contributed by atoms with van der Waals surface area (Å²) in [6, 6.07) is 5.56. The maximum absolute atomic E-state index is 5.87. The van der Waals surface area contributed by atoms with Crippen molar-refractivity contribution in [3.8, 4) is 5.75 Å². The zero-order valence-corrected chi connectivity index (χ0v) is 10.1. The first-order chi connectivity index (χ1) is 7.13. The average Bonchev–Trinajstić information content (AvgIpc) is 2.19. The SMILES string of the molecule is CC(C)CCOc1ccc(Cl)cc1CN. The number of rotatable bonds is 5. The summed E-state index contributed by atoms with van der Waals surface area (Å²) >= 11 is 5.87. The molecule has 0 radical (unpaired) electrons. The summed E-state index contributed by atoms with van der Waals surface area (Å²) < 4.78 is 5.66. The molecule has 0 aliphatic heterocycles. The molecule has 84 valence electrons. The highest BCUT2D eigenvalue weighted by Gasteiger charge is 2.03. The van der Waals surface area contributed by atoms with Gasteiger partial charge >= 0.3 is 0 Å².